The molecule has 0 bridgehead atoms. The number of nitriles is 1. The molecule has 11 rings (SSSR count). The second kappa shape index (κ2) is 16.5. The number of hydrogen-bond acceptors (Lipinski definition) is 4. The standard InChI is InChI=1S/C61H40N4/c1-3-47-50(35-36-52-56(47)48(4-2)58-54(41-22-11-6-12-23-41)46(38-62)37-53(57(52)58)39-19-9-5-10-20-39)51-34-33-40-21-17-18-28-49(40)55(51)42-29-31-45(32-30-42)61-64-59(43-24-13-7-14-25-43)63-60(65-61)44-26-15-8-16-27-44/h3-37H,1H2,2H3/b48-4+. The summed E-state index contributed by atoms with van der Waals surface area (Å²) in [5.41, 5.74) is 18.4. The van der Waals surface area contributed by atoms with Gasteiger partial charge in [-0.1, -0.05) is 213 Å². The second-order valence-electron chi connectivity index (χ2n) is 16.1. The zero-order valence-electron chi connectivity index (χ0n) is 35.7. The van der Waals surface area contributed by atoms with Crippen molar-refractivity contribution in [2.24, 2.45) is 0 Å². The van der Waals surface area contributed by atoms with Gasteiger partial charge in [-0.25, -0.2) is 15.0 Å². The third-order valence-electron chi connectivity index (χ3n) is 12.5. The Morgan fingerprint density at radius 3 is 1.46 bits per heavy atom. The maximum Gasteiger partial charge on any atom is 0.164 e. The van der Waals surface area contributed by atoms with Gasteiger partial charge in [0.2, 0.25) is 0 Å². The minimum Gasteiger partial charge on any atom is -0.208 e. The molecule has 65 heavy (non-hydrogen) atoms. The Kier molecular flexibility index (Phi) is 9.92. The molecular formula is C61H40N4. The van der Waals surface area contributed by atoms with Crippen LogP contribution in [0.4, 0.5) is 0 Å². The summed E-state index contributed by atoms with van der Waals surface area (Å²) in [5.74, 6) is 1.86. The highest BCUT2D eigenvalue weighted by Crippen LogP contribution is 2.56. The van der Waals surface area contributed by atoms with Crippen LogP contribution in [0.1, 0.15) is 29.2 Å². The normalized spacial score (nSPS) is 12.2. The Hall–Kier alpha value is -8.78. The third-order valence-corrected chi connectivity index (χ3v) is 12.5. The fourth-order valence-electron chi connectivity index (χ4n) is 9.58. The van der Waals surface area contributed by atoms with Gasteiger partial charge in [0.1, 0.15) is 0 Å². The van der Waals surface area contributed by atoms with Crippen molar-refractivity contribution >= 4 is 22.4 Å². The highest BCUT2D eigenvalue weighted by molar-refractivity contribution is 6.15. The molecule has 1 aliphatic rings. The zero-order chi connectivity index (χ0) is 43.9. The molecular weight excluding hydrogens is 789 g/mol. The van der Waals surface area contributed by atoms with E-state index in [1.807, 2.05) is 91.0 Å². The van der Waals surface area contributed by atoms with E-state index < -0.39 is 0 Å². The van der Waals surface area contributed by atoms with Crippen molar-refractivity contribution in [2.45, 2.75) is 6.92 Å². The molecule has 1 aliphatic carbocycles. The van der Waals surface area contributed by atoms with E-state index >= 15 is 0 Å². The molecule has 9 aromatic carbocycles. The van der Waals surface area contributed by atoms with E-state index in [1.165, 1.54) is 0 Å². The number of nitrogens with zero attached hydrogens (tertiary/aromatic N) is 4. The molecule has 0 radical (unpaired) electrons. The van der Waals surface area contributed by atoms with Crippen LogP contribution in [-0.2, 0) is 0 Å². The lowest BCUT2D eigenvalue weighted by atomic mass is 9.84. The molecule has 0 aliphatic heterocycles. The monoisotopic (exact) mass is 828 g/mol. The van der Waals surface area contributed by atoms with Gasteiger partial charge in [-0.15, -0.1) is 0 Å². The van der Waals surface area contributed by atoms with Gasteiger partial charge in [-0.3, -0.25) is 0 Å². The Labute approximate surface area is 378 Å². The van der Waals surface area contributed by atoms with Crippen LogP contribution in [0, 0.1) is 11.3 Å². The molecule has 0 saturated heterocycles. The molecule has 0 N–H and O–H groups in total. The Morgan fingerprint density at radius 1 is 0.415 bits per heavy atom. The largest absolute Gasteiger partial charge is 0.208 e. The van der Waals surface area contributed by atoms with E-state index in [1.54, 1.807) is 0 Å². The third kappa shape index (κ3) is 6.75. The van der Waals surface area contributed by atoms with Gasteiger partial charge in [0, 0.05) is 22.3 Å². The van der Waals surface area contributed by atoms with Gasteiger partial charge in [0.25, 0.3) is 0 Å². The predicted molar refractivity (Wildman–Crippen MR) is 268 cm³/mol. The number of aromatic nitrogens is 3. The summed E-state index contributed by atoms with van der Waals surface area (Å²) in [6, 6.07) is 71.7. The van der Waals surface area contributed by atoms with Crippen molar-refractivity contribution in [3.05, 3.63) is 235 Å². The summed E-state index contributed by atoms with van der Waals surface area (Å²) in [4.78, 5) is 14.9. The van der Waals surface area contributed by atoms with Crippen LogP contribution in [-0.4, -0.2) is 15.0 Å². The lowest BCUT2D eigenvalue weighted by Gasteiger charge is -2.19. The van der Waals surface area contributed by atoms with Gasteiger partial charge in [0.15, 0.2) is 17.5 Å². The quantitative estimate of drug-likeness (QED) is 0.153. The molecule has 0 spiro atoms. The van der Waals surface area contributed by atoms with Crippen molar-refractivity contribution in [1.82, 2.24) is 15.0 Å². The number of rotatable bonds is 8. The molecule has 1 heterocycles. The molecule has 4 heteroatoms. The van der Waals surface area contributed by atoms with Gasteiger partial charge < -0.3 is 0 Å². The molecule has 4 nitrogen and oxygen atoms in total. The van der Waals surface area contributed by atoms with Crippen LogP contribution in [0.3, 0.4) is 0 Å². The maximum atomic E-state index is 10.8. The van der Waals surface area contributed by atoms with Gasteiger partial charge >= 0.3 is 0 Å². The molecule has 0 saturated carbocycles. The lowest BCUT2D eigenvalue weighted by Crippen LogP contribution is -2.00. The summed E-state index contributed by atoms with van der Waals surface area (Å²) < 4.78 is 0. The first-order valence-electron chi connectivity index (χ1n) is 21.8. The second-order valence-corrected chi connectivity index (χ2v) is 16.1. The van der Waals surface area contributed by atoms with Crippen LogP contribution >= 0.6 is 0 Å². The summed E-state index contributed by atoms with van der Waals surface area (Å²) in [7, 11) is 0. The highest BCUT2D eigenvalue weighted by Gasteiger charge is 2.34. The van der Waals surface area contributed by atoms with E-state index in [0.717, 1.165) is 105 Å². The minimum absolute atomic E-state index is 0.609. The first kappa shape index (κ1) is 39.1. The molecule has 304 valence electrons. The average molecular weight is 829 g/mol. The first-order chi connectivity index (χ1) is 32.1. The predicted octanol–water partition coefficient (Wildman–Crippen LogP) is 15.6. The van der Waals surface area contributed by atoms with Crippen molar-refractivity contribution in [1.29, 1.82) is 5.26 Å². The minimum atomic E-state index is 0.609. The van der Waals surface area contributed by atoms with Crippen LogP contribution in [0.15, 0.2) is 213 Å². The fraction of sp³-hybridized carbons (Fsp3) is 0.0164. The van der Waals surface area contributed by atoms with Gasteiger partial charge in [0.05, 0.1) is 11.6 Å². The Morgan fingerprint density at radius 2 is 0.892 bits per heavy atom. The maximum absolute atomic E-state index is 10.8. The fourth-order valence-corrected chi connectivity index (χ4v) is 9.58. The Balaban J connectivity index is 1.10. The smallest absolute Gasteiger partial charge is 0.164 e. The van der Waals surface area contributed by atoms with Gasteiger partial charge in [-0.2, -0.15) is 5.26 Å². The van der Waals surface area contributed by atoms with Crippen LogP contribution in [0.25, 0.3) is 112 Å². The van der Waals surface area contributed by atoms with Crippen molar-refractivity contribution in [2.75, 3.05) is 0 Å². The van der Waals surface area contributed by atoms with E-state index in [9.17, 15) is 5.26 Å². The van der Waals surface area contributed by atoms with Crippen LogP contribution in [0.5, 0.6) is 0 Å². The van der Waals surface area contributed by atoms with Crippen LogP contribution < -0.4 is 0 Å². The summed E-state index contributed by atoms with van der Waals surface area (Å²) in [5, 5.41) is 13.1. The van der Waals surface area contributed by atoms with Crippen LogP contribution in [0.2, 0.25) is 0 Å². The van der Waals surface area contributed by atoms with E-state index in [-0.39, 0.29) is 0 Å². The van der Waals surface area contributed by atoms with Crippen molar-refractivity contribution in [3.8, 4) is 95.9 Å². The van der Waals surface area contributed by atoms with E-state index in [0.29, 0.717) is 23.0 Å². The van der Waals surface area contributed by atoms with Crippen molar-refractivity contribution < 1.29 is 0 Å². The van der Waals surface area contributed by atoms with E-state index in [2.05, 4.69) is 141 Å². The molecule has 0 amide bonds. The van der Waals surface area contributed by atoms with E-state index in [4.69, 9.17) is 15.0 Å². The molecule has 0 atom stereocenters. The molecule has 0 unspecified atom stereocenters. The number of allylic oxidation sites excluding steroid dienone is 1. The highest BCUT2D eigenvalue weighted by atomic mass is 15.0. The molecule has 10 aromatic rings. The molecule has 0 fully saturated rings. The number of benzene rings is 9. The van der Waals surface area contributed by atoms with Crippen molar-refractivity contribution in [3.63, 3.8) is 0 Å². The topological polar surface area (TPSA) is 62.5 Å². The average Bonchev–Trinajstić information content (AvgIpc) is 3.72. The first-order valence-corrected chi connectivity index (χ1v) is 21.8. The number of hydrogen-bond donors (Lipinski definition) is 0. The number of fused-ring (bicyclic) bond motifs is 4. The SMILES string of the molecule is C=Cc1c(-c2ccc3ccccc3c2-c2ccc(-c3nc(-c4ccccc4)nc(-c4ccccc4)n3)cc2)ccc2c1/C(=C\C)c1c(-c3ccccc3)c(C#N)cc(-c3ccccc3)c1-2. The zero-order valence-corrected chi connectivity index (χ0v) is 35.7. The molecule has 1 aromatic heterocycles. The summed E-state index contributed by atoms with van der Waals surface area (Å²) >= 11 is 0. The Bertz CT molecular complexity index is 3470. The summed E-state index contributed by atoms with van der Waals surface area (Å²) in [6.07, 6.45) is 4.22. The lowest BCUT2D eigenvalue weighted by molar-refractivity contribution is 1.07. The van der Waals surface area contributed by atoms with Gasteiger partial charge in [-0.05, 0) is 96.1 Å². The summed E-state index contributed by atoms with van der Waals surface area (Å²) in [6.45, 7) is 6.59.